The lowest BCUT2D eigenvalue weighted by Gasteiger charge is -2.15. The van der Waals surface area contributed by atoms with Gasteiger partial charge in [-0.25, -0.2) is 4.79 Å². The molecule has 0 aliphatic heterocycles. The maximum atomic E-state index is 14.0. The van der Waals surface area contributed by atoms with E-state index in [-0.39, 0.29) is 24.6 Å². The molecule has 3 atom stereocenters. The molecule has 0 radical (unpaired) electrons. The summed E-state index contributed by atoms with van der Waals surface area (Å²) in [6.07, 6.45) is 4.78. The lowest BCUT2D eigenvalue weighted by molar-refractivity contribution is -0.152. The van der Waals surface area contributed by atoms with Crippen molar-refractivity contribution >= 4 is 11.9 Å². The Morgan fingerprint density at radius 1 is 1.29 bits per heavy atom. The third kappa shape index (κ3) is 3.85. The van der Waals surface area contributed by atoms with E-state index in [0.717, 1.165) is 31.2 Å². The molecule has 4 nitrogen and oxygen atoms in total. The molecule has 1 aromatic carbocycles. The van der Waals surface area contributed by atoms with Crippen molar-refractivity contribution in [1.82, 2.24) is 0 Å². The number of esters is 2. The Kier molecular flexibility index (Phi) is 5.92. The molecule has 0 amide bonds. The number of aryl methyl sites for hydroxylation is 1. The van der Waals surface area contributed by atoms with E-state index in [4.69, 9.17) is 4.74 Å². The quantitative estimate of drug-likeness (QED) is 0.494. The van der Waals surface area contributed by atoms with E-state index in [9.17, 15) is 14.0 Å². The van der Waals surface area contributed by atoms with Crippen molar-refractivity contribution in [2.75, 3.05) is 6.61 Å². The van der Waals surface area contributed by atoms with E-state index in [1.807, 2.05) is 26.0 Å². The number of carbonyl (C=O) groups is 2. The molecule has 1 fully saturated rings. The molecule has 1 unspecified atom stereocenters. The van der Waals surface area contributed by atoms with Gasteiger partial charge in [0.25, 0.3) is 0 Å². The lowest BCUT2D eigenvalue weighted by atomic mass is 9.99. The predicted molar refractivity (Wildman–Crippen MR) is 104 cm³/mol. The van der Waals surface area contributed by atoms with Gasteiger partial charge in [-0.2, -0.15) is 4.39 Å². The SMILES string of the molecule is CCCc1cccc2c1CCC2OC(=O)[C@@H]1[C@H](C=C(F)C(=O)OCC)C1(C)C. The zero-order valence-corrected chi connectivity index (χ0v) is 17.1. The highest BCUT2D eigenvalue weighted by Crippen LogP contribution is 2.60. The number of hydrogen-bond acceptors (Lipinski definition) is 4. The molecule has 152 valence electrons. The van der Waals surface area contributed by atoms with Gasteiger partial charge in [0.2, 0.25) is 5.83 Å². The van der Waals surface area contributed by atoms with E-state index in [2.05, 4.69) is 17.7 Å². The van der Waals surface area contributed by atoms with Crippen molar-refractivity contribution in [3.8, 4) is 0 Å². The summed E-state index contributed by atoms with van der Waals surface area (Å²) in [5, 5.41) is 0. The van der Waals surface area contributed by atoms with Crippen molar-refractivity contribution in [2.45, 2.75) is 59.5 Å². The molecule has 28 heavy (non-hydrogen) atoms. The zero-order valence-electron chi connectivity index (χ0n) is 17.1. The van der Waals surface area contributed by atoms with Crippen LogP contribution < -0.4 is 0 Å². The molecule has 0 heterocycles. The maximum Gasteiger partial charge on any atom is 0.366 e. The highest BCUT2D eigenvalue weighted by atomic mass is 19.1. The fourth-order valence-corrected chi connectivity index (χ4v) is 4.40. The van der Waals surface area contributed by atoms with Crippen molar-refractivity contribution in [3.05, 3.63) is 46.8 Å². The van der Waals surface area contributed by atoms with Gasteiger partial charge in [0.1, 0.15) is 6.10 Å². The first kappa shape index (κ1) is 20.6. The minimum Gasteiger partial charge on any atom is -0.461 e. The van der Waals surface area contributed by atoms with Crippen LogP contribution in [-0.2, 0) is 31.9 Å². The van der Waals surface area contributed by atoms with Crippen LogP contribution in [0, 0.1) is 17.3 Å². The number of benzene rings is 1. The van der Waals surface area contributed by atoms with Crippen LogP contribution in [0.5, 0.6) is 0 Å². The van der Waals surface area contributed by atoms with Gasteiger partial charge >= 0.3 is 11.9 Å². The predicted octanol–water partition coefficient (Wildman–Crippen LogP) is 4.86. The van der Waals surface area contributed by atoms with Crippen molar-refractivity contribution in [3.63, 3.8) is 0 Å². The molecule has 5 heteroatoms. The molecule has 2 aliphatic carbocycles. The van der Waals surface area contributed by atoms with Crippen molar-refractivity contribution < 1.29 is 23.5 Å². The number of carbonyl (C=O) groups excluding carboxylic acids is 2. The van der Waals surface area contributed by atoms with Crippen LogP contribution in [0.4, 0.5) is 4.39 Å². The minimum absolute atomic E-state index is 0.112. The lowest BCUT2D eigenvalue weighted by Crippen LogP contribution is -2.14. The highest BCUT2D eigenvalue weighted by molar-refractivity contribution is 5.87. The molecular weight excluding hydrogens is 359 g/mol. The molecule has 2 aliphatic rings. The van der Waals surface area contributed by atoms with Gasteiger partial charge < -0.3 is 9.47 Å². The first-order chi connectivity index (χ1) is 13.3. The van der Waals surface area contributed by atoms with Crippen LogP contribution in [0.3, 0.4) is 0 Å². The van der Waals surface area contributed by atoms with Gasteiger partial charge in [0, 0.05) is 0 Å². The summed E-state index contributed by atoms with van der Waals surface area (Å²) in [6.45, 7) is 7.67. The molecule has 0 N–H and O–H groups in total. The van der Waals surface area contributed by atoms with Gasteiger partial charge in [-0.1, -0.05) is 45.4 Å². The normalized spacial score (nSPS) is 25.2. The summed E-state index contributed by atoms with van der Waals surface area (Å²) >= 11 is 0. The summed E-state index contributed by atoms with van der Waals surface area (Å²) in [4.78, 5) is 24.3. The van der Waals surface area contributed by atoms with Crippen LogP contribution in [0.15, 0.2) is 30.1 Å². The number of halogens is 1. The van der Waals surface area contributed by atoms with Crippen LogP contribution in [-0.4, -0.2) is 18.5 Å². The first-order valence-electron chi connectivity index (χ1n) is 10.2. The van der Waals surface area contributed by atoms with Gasteiger partial charge in [-0.05, 0) is 60.3 Å². The van der Waals surface area contributed by atoms with Gasteiger partial charge in [-0.15, -0.1) is 0 Å². The largest absolute Gasteiger partial charge is 0.461 e. The summed E-state index contributed by atoms with van der Waals surface area (Å²) < 4.78 is 24.5. The van der Waals surface area contributed by atoms with Gasteiger partial charge in [0.15, 0.2) is 0 Å². The summed E-state index contributed by atoms with van der Waals surface area (Å²) in [6, 6.07) is 6.21. The highest BCUT2D eigenvalue weighted by Gasteiger charge is 2.62. The Morgan fingerprint density at radius 2 is 2.04 bits per heavy atom. The van der Waals surface area contributed by atoms with Crippen LogP contribution >= 0.6 is 0 Å². The fraction of sp³-hybridized carbons (Fsp3) is 0.565. The van der Waals surface area contributed by atoms with Crippen molar-refractivity contribution in [2.24, 2.45) is 17.3 Å². The number of ether oxygens (including phenoxy) is 2. The molecule has 3 rings (SSSR count). The maximum absolute atomic E-state index is 14.0. The zero-order chi connectivity index (χ0) is 20.5. The first-order valence-corrected chi connectivity index (χ1v) is 10.2. The topological polar surface area (TPSA) is 52.6 Å². The molecule has 0 saturated heterocycles. The van der Waals surface area contributed by atoms with Gasteiger partial charge in [0.05, 0.1) is 12.5 Å². The fourth-order valence-electron chi connectivity index (χ4n) is 4.40. The Hall–Kier alpha value is -2.17. The van der Waals surface area contributed by atoms with Crippen molar-refractivity contribution in [1.29, 1.82) is 0 Å². The summed E-state index contributed by atoms with van der Waals surface area (Å²) in [5.41, 5.74) is 3.30. The van der Waals surface area contributed by atoms with Crippen LogP contribution in [0.25, 0.3) is 0 Å². The number of hydrogen-bond donors (Lipinski definition) is 0. The smallest absolute Gasteiger partial charge is 0.366 e. The second-order valence-electron chi connectivity index (χ2n) is 8.26. The van der Waals surface area contributed by atoms with E-state index in [1.165, 1.54) is 17.2 Å². The molecule has 0 bridgehead atoms. The van der Waals surface area contributed by atoms with E-state index < -0.39 is 23.1 Å². The number of allylic oxidation sites excluding steroid dienone is 1. The number of fused-ring (bicyclic) bond motifs is 1. The molecule has 0 aromatic heterocycles. The van der Waals surface area contributed by atoms with Crippen LogP contribution in [0.1, 0.15) is 63.3 Å². The van der Waals surface area contributed by atoms with Gasteiger partial charge in [-0.3, -0.25) is 4.79 Å². The Morgan fingerprint density at radius 3 is 2.71 bits per heavy atom. The Balaban J connectivity index is 1.69. The van der Waals surface area contributed by atoms with E-state index in [1.54, 1.807) is 6.92 Å². The second kappa shape index (κ2) is 8.06. The number of rotatable bonds is 7. The van der Waals surface area contributed by atoms with E-state index >= 15 is 0 Å². The molecule has 1 aromatic rings. The third-order valence-corrected chi connectivity index (χ3v) is 6.05. The Labute approximate surface area is 166 Å². The monoisotopic (exact) mass is 388 g/mol. The minimum atomic E-state index is -0.981. The molecular formula is C23H29FO4. The van der Waals surface area contributed by atoms with Crippen LogP contribution in [0.2, 0.25) is 0 Å². The molecule has 1 saturated carbocycles. The molecule has 0 spiro atoms. The standard InChI is InChI=1S/C23H29FO4/c1-5-8-14-9-7-10-16-15(14)11-12-19(16)28-22(26)20-17(23(20,3)4)13-18(24)21(25)27-6-2/h7,9-10,13,17,19-20H,5-6,8,11-12H2,1-4H3/t17-,19?,20-/m0/s1. The summed E-state index contributed by atoms with van der Waals surface area (Å²) in [7, 11) is 0. The third-order valence-electron chi connectivity index (χ3n) is 6.05. The average molecular weight is 388 g/mol. The second-order valence-corrected chi connectivity index (χ2v) is 8.26. The average Bonchev–Trinajstić information content (AvgIpc) is 2.98. The Bertz CT molecular complexity index is 796. The van der Waals surface area contributed by atoms with E-state index in [0.29, 0.717) is 0 Å². The summed E-state index contributed by atoms with van der Waals surface area (Å²) in [5.74, 6) is -3.05.